The summed E-state index contributed by atoms with van der Waals surface area (Å²) in [5.74, 6) is 0. The molecule has 0 aliphatic carbocycles. The molecule has 98 valence electrons. The van der Waals surface area contributed by atoms with Crippen LogP contribution in [-0.2, 0) is 0 Å². The lowest BCUT2D eigenvalue weighted by Gasteiger charge is -2.25. The SMILES string of the molecule is CNc1cc(N2CCCC2CO)cc([N+](=O)[O-])c1. The molecule has 18 heavy (non-hydrogen) atoms. The van der Waals surface area contributed by atoms with Gasteiger partial charge in [0.15, 0.2) is 0 Å². The first-order valence-corrected chi connectivity index (χ1v) is 6.00. The van der Waals surface area contributed by atoms with Crippen LogP contribution in [0.5, 0.6) is 0 Å². The van der Waals surface area contributed by atoms with Crippen molar-refractivity contribution in [2.75, 3.05) is 30.4 Å². The van der Waals surface area contributed by atoms with Crippen molar-refractivity contribution >= 4 is 17.1 Å². The summed E-state index contributed by atoms with van der Waals surface area (Å²) in [4.78, 5) is 12.5. The molecule has 1 aromatic carbocycles. The number of benzene rings is 1. The van der Waals surface area contributed by atoms with Crippen LogP contribution in [0.3, 0.4) is 0 Å². The standard InChI is InChI=1S/C12H17N3O3/c1-13-9-5-11(7-12(6-9)15(17)18)14-4-2-3-10(14)8-16/h5-7,10,13,16H,2-4,8H2,1H3. The number of anilines is 2. The van der Waals surface area contributed by atoms with Gasteiger partial charge in [-0.2, -0.15) is 0 Å². The first-order chi connectivity index (χ1) is 8.65. The predicted octanol–water partition coefficient (Wildman–Crippen LogP) is 1.60. The summed E-state index contributed by atoms with van der Waals surface area (Å²) >= 11 is 0. The van der Waals surface area contributed by atoms with Gasteiger partial charge in [0.25, 0.3) is 5.69 Å². The molecule has 1 aliphatic rings. The highest BCUT2D eigenvalue weighted by molar-refractivity contribution is 5.65. The van der Waals surface area contributed by atoms with E-state index in [0.29, 0.717) is 5.69 Å². The summed E-state index contributed by atoms with van der Waals surface area (Å²) in [6.45, 7) is 0.910. The topological polar surface area (TPSA) is 78.6 Å². The Labute approximate surface area is 105 Å². The van der Waals surface area contributed by atoms with Crippen LogP contribution in [0.15, 0.2) is 18.2 Å². The minimum Gasteiger partial charge on any atom is -0.394 e. The maximum atomic E-state index is 10.9. The van der Waals surface area contributed by atoms with Gasteiger partial charge in [-0.1, -0.05) is 0 Å². The summed E-state index contributed by atoms with van der Waals surface area (Å²) < 4.78 is 0. The van der Waals surface area contributed by atoms with Crippen LogP contribution in [0.25, 0.3) is 0 Å². The van der Waals surface area contributed by atoms with E-state index in [0.717, 1.165) is 25.1 Å². The summed E-state index contributed by atoms with van der Waals surface area (Å²) in [6, 6.07) is 5.01. The molecule has 1 saturated heterocycles. The van der Waals surface area contributed by atoms with Gasteiger partial charge in [0.2, 0.25) is 0 Å². The summed E-state index contributed by atoms with van der Waals surface area (Å²) in [7, 11) is 1.73. The normalized spacial score (nSPS) is 19.0. The van der Waals surface area contributed by atoms with Gasteiger partial charge in [-0.05, 0) is 18.9 Å². The van der Waals surface area contributed by atoms with E-state index in [2.05, 4.69) is 5.32 Å². The molecular formula is C12H17N3O3. The summed E-state index contributed by atoms with van der Waals surface area (Å²) in [5, 5.41) is 23.1. The Bertz CT molecular complexity index is 450. The Morgan fingerprint density at radius 3 is 2.94 bits per heavy atom. The molecule has 0 radical (unpaired) electrons. The quantitative estimate of drug-likeness (QED) is 0.627. The number of non-ortho nitro benzene ring substituents is 1. The summed E-state index contributed by atoms with van der Waals surface area (Å²) in [6.07, 6.45) is 1.93. The van der Waals surface area contributed by atoms with E-state index in [1.54, 1.807) is 13.1 Å². The average molecular weight is 251 g/mol. The molecule has 1 unspecified atom stereocenters. The largest absolute Gasteiger partial charge is 0.394 e. The van der Waals surface area contributed by atoms with Crippen LogP contribution in [0, 0.1) is 10.1 Å². The molecule has 2 N–H and O–H groups in total. The molecule has 0 spiro atoms. The van der Waals surface area contributed by atoms with Gasteiger partial charge in [0.05, 0.1) is 17.6 Å². The van der Waals surface area contributed by atoms with Gasteiger partial charge in [-0.15, -0.1) is 0 Å². The van der Waals surface area contributed by atoms with E-state index >= 15 is 0 Å². The molecule has 0 bridgehead atoms. The number of aliphatic hydroxyl groups is 1. The van der Waals surface area contributed by atoms with Crippen molar-refractivity contribution in [3.63, 3.8) is 0 Å². The van der Waals surface area contributed by atoms with Crippen molar-refractivity contribution < 1.29 is 10.0 Å². The van der Waals surface area contributed by atoms with E-state index in [1.807, 2.05) is 11.0 Å². The molecule has 1 aromatic rings. The zero-order chi connectivity index (χ0) is 13.1. The molecule has 0 aromatic heterocycles. The van der Waals surface area contributed by atoms with Crippen LogP contribution in [-0.4, -0.2) is 36.3 Å². The first kappa shape index (κ1) is 12.6. The van der Waals surface area contributed by atoms with Gasteiger partial charge in [-0.3, -0.25) is 10.1 Å². The monoisotopic (exact) mass is 251 g/mol. The third-order valence-electron chi connectivity index (χ3n) is 3.32. The number of nitro benzene ring substituents is 1. The summed E-state index contributed by atoms with van der Waals surface area (Å²) in [5.41, 5.74) is 1.58. The van der Waals surface area contributed by atoms with Crippen molar-refractivity contribution in [2.45, 2.75) is 18.9 Å². The van der Waals surface area contributed by atoms with Gasteiger partial charge in [0, 0.05) is 37.1 Å². The van der Waals surface area contributed by atoms with Crippen molar-refractivity contribution in [3.8, 4) is 0 Å². The first-order valence-electron chi connectivity index (χ1n) is 6.00. The Morgan fingerprint density at radius 2 is 2.33 bits per heavy atom. The van der Waals surface area contributed by atoms with Crippen molar-refractivity contribution in [2.24, 2.45) is 0 Å². The maximum Gasteiger partial charge on any atom is 0.273 e. The number of rotatable bonds is 4. The van der Waals surface area contributed by atoms with E-state index in [4.69, 9.17) is 0 Å². The average Bonchev–Trinajstić information content (AvgIpc) is 2.86. The molecular weight excluding hydrogens is 234 g/mol. The molecule has 6 nitrogen and oxygen atoms in total. The highest BCUT2D eigenvalue weighted by Crippen LogP contribution is 2.31. The number of nitro groups is 1. The molecule has 1 fully saturated rings. The minimum absolute atomic E-state index is 0.0664. The van der Waals surface area contributed by atoms with E-state index in [1.165, 1.54) is 6.07 Å². The van der Waals surface area contributed by atoms with Gasteiger partial charge in [-0.25, -0.2) is 0 Å². The van der Waals surface area contributed by atoms with E-state index in [9.17, 15) is 15.2 Å². The Kier molecular flexibility index (Phi) is 3.66. The molecule has 0 saturated carbocycles. The third kappa shape index (κ3) is 2.38. The van der Waals surface area contributed by atoms with Crippen LogP contribution in [0.2, 0.25) is 0 Å². The fourth-order valence-electron chi connectivity index (χ4n) is 2.38. The molecule has 0 amide bonds. The zero-order valence-electron chi connectivity index (χ0n) is 10.3. The smallest absolute Gasteiger partial charge is 0.273 e. The van der Waals surface area contributed by atoms with Crippen molar-refractivity contribution in [1.29, 1.82) is 0 Å². The third-order valence-corrected chi connectivity index (χ3v) is 3.32. The lowest BCUT2D eigenvalue weighted by Crippen LogP contribution is -2.32. The van der Waals surface area contributed by atoms with Crippen LogP contribution in [0.1, 0.15) is 12.8 Å². The molecule has 1 atom stereocenters. The van der Waals surface area contributed by atoms with Gasteiger partial charge >= 0.3 is 0 Å². The lowest BCUT2D eigenvalue weighted by atomic mass is 10.2. The van der Waals surface area contributed by atoms with E-state index in [-0.39, 0.29) is 18.3 Å². The minimum atomic E-state index is -0.394. The lowest BCUT2D eigenvalue weighted by molar-refractivity contribution is -0.384. The van der Waals surface area contributed by atoms with Crippen LogP contribution < -0.4 is 10.2 Å². The van der Waals surface area contributed by atoms with Gasteiger partial charge < -0.3 is 15.3 Å². The van der Waals surface area contributed by atoms with Crippen LogP contribution >= 0.6 is 0 Å². The van der Waals surface area contributed by atoms with Crippen LogP contribution in [0.4, 0.5) is 17.1 Å². The second-order valence-electron chi connectivity index (χ2n) is 4.42. The van der Waals surface area contributed by atoms with Crippen molar-refractivity contribution in [3.05, 3.63) is 28.3 Å². The predicted molar refractivity (Wildman–Crippen MR) is 70.1 cm³/mol. The fraction of sp³-hybridized carbons (Fsp3) is 0.500. The Morgan fingerprint density at radius 1 is 1.56 bits per heavy atom. The number of hydrogen-bond donors (Lipinski definition) is 2. The second kappa shape index (κ2) is 5.22. The highest BCUT2D eigenvalue weighted by atomic mass is 16.6. The molecule has 6 heteroatoms. The van der Waals surface area contributed by atoms with Gasteiger partial charge in [0.1, 0.15) is 0 Å². The molecule has 1 heterocycles. The highest BCUT2D eigenvalue weighted by Gasteiger charge is 2.25. The number of aliphatic hydroxyl groups excluding tert-OH is 1. The molecule has 2 rings (SSSR count). The Balaban J connectivity index is 2.37. The Hall–Kier alpha value is -1.82. The zero-order valence-corrected chi connectivity index (χ0v) is 10.3. The van der Waals surface area contributed by atoms with Crippen molar-refractivity contribution in [1.82, 2.24) is 0 Å². The fourth-order valence-corrected chi connectivity index (χ4v) is 2.38. The number of nitrogens with one attached hydrogen (secondary N) is 1. The number of hydrogen-bond acceptors (Lipinski definition) is 5. The second-order valence-corrected chi connectivity index (χ2v) is 4.42. The molecule has 1 aliphatic heterocycles. The van der Waals surface area contributed by atoms with E-state index < -0.39 is 4.92 Å². The maximum absolute atomic E-state index is 10.9. The number of nitrogens with zero attached hydrogens (tertiary/aromatic N) is 2.